The summed E-state index contributed by atoms with van der Waals surface area (Å²) in [5.41, 5.74) is 6.39. The third-order valence-corrected chi connectivity index (χ3v) is 6.42. The maximum absolute atomic E-state index is 13.7. The van der Waals surface area contributed by atoms with Gasteiger partial charge < -0.3 is 0 Å². The summed E-state index contributed by atoms with van der Waals surface area (Å²) in [6, 6.07) is 27.1. The zero-order valence-corrected chi connectivity index (χ0v) is 21.7. The second-order valence-corrected chi connectivity index (χ2v) is 9.46. The van der Waals surface area contributed by atoms with Crippen LogP contribution in [0.4, 0.5) is 4.39 Å². The molecule has 3 rings (SSSR count). The number of nitrogens with zero attached hydrogens (tertiary/aromatic N) is 2. The molecule has 0 N–H and O–H groups in total. The van der Waals surface area contributed by atoms with Crippen molar-refractivity contribution < 1.29 is 4.39 Å². The monoisotopic (exact) mass is 482 g/mol. The fraction of sp³-hybridized carbons (Fsp3) is 0.333. The molecule has 0 bridgehead atoms. The van der Waals surface area contributed by atoms with Crippen molar-refractivity contribution in [2.24, 2.45) is 10.2 Å². The van der Waals surface area contributed by atoms with Gasteiger partial charge in [0.2, 0.25) is 0 Å². The molecule has 3 aromatic carbocycles. The molecule has 0 radical (unpaired) electrons. The van der Waals surface area contributed by atoms with Gasteiger partial charge >= 0.3 is 0 Å². The van der Waals surface area contributed by atoms with E-state index in [0.29, 0.717) is 6.42 Å². The Morgan fingerprint density at radius 3 is 2.25 bits per heavy atom. The highest BCUT2D eigenvalue weighted by Crippen LogP contribution is 2.28. The van der Waals surface area contributed by atoms with Crippen LogP contribution in [0, 0.1) is 0 Å². The van der Waals surface area contributed by atoms with Crippen molar-refractivity contribution in [3.05, 3.63) is 119 Å². The molecule has 0 aliphatic heterocycles. The summed E-state index contributed by atoms with van der Waals surface area (Å²) in [4.78, 5) is 0. The first-order chi connectivity index (χ1) is 17.6. The van der Waals surface area contributed by atoms with Gasteiger partial charge in [0.1, 0.15) is 5.71 Å². The lowest BCUT2D eigenvalue weighted by Crippen LogP contribution is -2.07. The fourth-order valence-electron chi connectivity index (χ4n) is 4.49. The van der Waals surface area contributed by atoms with E-state index in [-0.39, 0.29) is 5.92 Å². The van der Waals surface area contributed by atoms with Crippen LogP contribution in [0.3, 0.4) is 0 Å². The van der Waals surface area contributed by atoms with E-state index in [2.05, 4.69) is 72.2 Å². The Labute approximate surface area is 216 Å². The van der Waals surface area contributed by atoms with Gasteiger partial charge in [-0.05, 0) is 68.1 Å². The molecule has 0 saturated heterocycles. The minimum Gasteiger partial charge on any atom is -0.248 e. The van der Waals surface area contributed by atoms with E-state index in [0.717, 1.165) is 48.1 Å². The van der Waals surface area contributed by atoms with Crippen molar-refractivity contribution in [3.8, 4) is 0 Å². The molecule has 0 aliphatic carbocycles. The largest absolute Gasteiger partial charge is 0.248 e. The molecule has 0 heterocycles. The van der Waals surface area contributed by atoms with E-state index in [1.54, 1.807) is 13.1 Å². The van der Waals surface area contributed by atoms with Crippen molar-refractivity contribution in [2.75, 3.05) is 0 Å². The summed E-state index contributed by atoms with van der Waals surface area (Å²) in [6.45, 7) is 7.58. The van der Waals surface area contributed by atoms with Gasteiger partial charge in [-0.15, -0.1) is 11.7 Å². The Bertz CT molecular complexity index is 1100. The van der Waals surface area contributed by atoms with Crippen molar-refractivity contribution in [2.45, 2.75) is 70.9 Å². The molecule has 0 spiro atoms. The Morgan fingerprint density at radius 2 is 1.61 bits per heavy atom. The van der Waals surface area contributed by atoms with Crippen molar-refractivity contribution in [1.82, 2.24) is 0 Å². The zero-order valence-electron chi connectivity index (χ0n) is 21.7. The second kappa shape index (κ2) is 14.9. The molecule has 0 saturated carbocycles. The van der Waals surface area contributed by atoms with Crippen LogP contribution in [0.15, 0.2) is 102 Å². The highest BCUT2D eigenvalue weighted by atomic mass is 19.1. The van der Waals surface area contributed by atoms with E-state index in [1.165, 1.54) is 24.0 Å². The molecular formula is C33H39FN2. The van der Waals surface area contributed by atoms with Crippen LogP contribution in [-0.2, 0) is 6.42 Å². The molecule has 2 nitrogen and oxygen atoms in total. The zero-order chi connectivity index (χ0) is 25.6. The quantitative estimate of drug-likeness (QED) is 0.0947. The maximum atomic E-state index is 13.7. The van der Waals surface area contributed by atoms with Crippen LogP contribution >= 0.6 is 0 Å². The van der Waals surface area contributed by atoms with Crippen LogP contribution in [0.2, 0.25) is 0 Å². The number of benzene rings is 3. The van der Waals surface area contributed by atoms with Crippen LogP contribution in [0.1, 0.15) is 86.1 Å². The molecular weight excluding hydrogens is 443 g/mol. The van der Waals surface area contributed by atoms with E-state index in [9.17, 15) is 4.39 Å². The maximum Gasteiger partial charge on any atom is 0.100 e. The fourth-order valence-corrected chi connectivity index (χ4v) is 4.49. The molecule has 0 amide bonds. The number of aryl methyl sites for hydroxylation is 1. The van der Waals surface area contributed by atoms with Crippen LogP contribution in [0.25, 0.3) is 0 Å². The first-order valence-electron chi connectivity index (χ1n) is 13.2. The molecule has 0 aliphatic rings. The number of hydrogen-bond donors (Lipinski definition) is 0. The summed E-state index contributed by atoms with van der Waals surface area (Å²) in [5, 5.41) is 9.07. The molecule has 2 atom stereocenters. The number of halogens is 1. The summed E-state index contributed by atoms with van der Waals surface area (Å²) in [5.74, 6) is 0.240. The van der Waals surface area contributed by atoms with Crippen molar-refractivity contribution >= 4 is 11.9 Å². The predicted molar refractivity (Wildman–Crippen MR) is 153 cm³/mol. The first kappa shape index (κ1) is 27.3. The molecule has 2 unspecified atom stereocenters. The van der Waals surface area contributed by atoms with Gasteiger partial charge in [-0.2, -0.15) is 5.10 Å². The summed E-state index contributed by atoms with van der Waals surface area (Å²) < 4.78 is 13.7. The average molecular weight is 483 g/mol. The summed E-state index contributed by atoms with van der Waals surface area (Å²) in [7, 11) is 0. The lowest BCUT2D eigenvalue weighted by Gasteiger charge is -2.18. The molecule has 0 fully saturated rings. The van der Waals surface area contributed by atoms with Gasteiger partial charge in [-0.3, -0.25) is 0 Å². The summed E-state index contributed by atoms with van der Waals surface area (Å²) in [6.07, 6.45) is 10.1. The Kier molecular flexibility index (Phi) is 11.3. The van der Waals surface area contributed by atoms with Gasteiger partial charge in [0, 0.05) is 11.1 Å². The number of alkyl halides is 1. The van der Waals surface area contributed by atoms with E-state index in [1.807, 2.05) is 36.4 Å². The molecule has 3 aromatic rings. The van der Waals surface area contributed by atoms with Crippen LogP contribution in [-0.4, -0.2) is 18.1 Å². The number of allylic oxidation sites excluding steroid dienone is 1. The smallest absolute Gasteiger partial charge is 0.100 e. The van der Waals surface area contributed by atoms with E-state index >= 15 is 0 Å². The number of hydrogen-bond acceptors (Lipinski definition) is 2. The first-order valence-corrected chi connectivity index (χ1v) is 13.2. The van der Waals surface area contributed by atoms with Crippen LogP contribution < -0.4 is 0 Å². The Balaban J connectivity index is 1.78. The van der Waals surface area contributed by atoms with E-state index < -0.39 is 6.17 Å². The molecule has 0 aromatic heterocycles. The van der Waals surface area contributed by atoms with Gasteiger partial charge in [-0.25, -0.2) is 4.39 Å². The number of rotatable bonds is 14. The van der Waals surface area contributed by atoms with E-state index in [4.69, 9.17) is 0 Å². The highest BCUT2D eigenvalue weighted by molar-refractivity contribution is 6.13. The predicted octanol–water partition coefficient (Wildman–Crippen LogP) is 9.09. The second-order valence-electron chi connectivity index (χ2n) is 9.46. The molecule has 3 heteroatoms. The highest BCUT2D eigenvalue weighted by Gasteiger charge is 2.15. The van der Waals surface area contributed by atoms with Crippen molar-refractivity contribution in [3.63, 3.8) is 0 Å². The third kappa shape index (κ3) is 8.71. The number of unbranched alkanes of at least 4 members (excludes halogenated alkanes) is 2. The minimum absolute atomic E-state index is 0.240. The topological polar surface area (TPSA) is 24.7 Å². The molecule has 188 valence electrons. The Morgan fingerprint density at radius 1 is 0.917 bits per heavy atom. The SMILES string of the molecule is C=CCCCCc1ccc(C=NN=C(c2ccccc2)c2ccc(C(CCC)CC(C)F)cc2)cc1. The van der Waals surface area contributed by atoms with Gasteiger partial charge in [0.15, 0.2) is 0 Å². The minimum atomic E-state index is -0.802. The van der Waals surface area contributed by atoms with Crippen LogP contribution in [0.5, 0.6) is 0 Å². The lowest BCUT2D eigenvalue weighted by molar-refractivity contribution is 0.312. The standard InChI is InChI=1S/C33H39FN2/c1-4-6-7-9-13-27-16-18-28(19-17-27)25-35-36-33(30-14-10-8-11-15-30)31-22-20-29(21-23-31)32(12-5-2)24-26(3)34/h4,8,10-11,14-23,25-26,32H,1,5-7,9,12-13,24H2,2-3H3. The summed E-state index contributed by atoms with van der Waals surface area (Å²) >= 11 is 0. The van der Waals surface area contributed by atoms with Gasteiger partial charge in [-0.1, -0.05) is 98.3 Å². The normalized spacial score (nSPS) is 13.6. The van der Waals surface area contributed by atoms with Gasteiger partial charge in [0.05, 0.1) is 12.4 Å². The Hall–Kier alpha value is -3.33. The average Bonchev–Trinajstić information content (AvgIpc) is 2.90. The van der Waals surface area contributed by atoms with Crippen molar-refractivity contribution in [1.29, 1.82) is 0 Å². The molecule has 36 heavy (non-hydrogen) atoms. The third-order valence-electron chi connectivity index (χ3n) is 6.42. The van der Waals surface area contributed by atoms with Gasteiger partial charge in [0.25, 0.3) is 0 Å². The lowest BCUT2D eigenvalue weighted by atomic mass is 9.89.